The molecule has 2 aliphatic rings. The Morgan fingerprint density at radius 3 is 2.79 bits per heavy atom. The molecule has 2 fully saturated rings. The van der Waals surface area contributed by atoms with Gasteiger partial charge in [-0.3, -0.25) is 9.59 Å². The largest absolute Gasteiger partial charge is 0.375 e. The second-order valence-corrected chi connectivity index (χ2v) is 7.71. The van der Waals surface area contributed by atoms with Gasteiger partial charge < -0.3 is 19.5 Å². The summed E-state index contributed by atoms with van der Waals surface area (Å²) in [4.78, 5) is 41.1. The molecule has 8 nitrogen and oxygen atoms in total. The van der Waals surface area contributed by atoms with Gasteiger partial charge in [0.1, 0.15) is 12.4 Å². The molecule has 2 saturated heterocycles. The normalized spacial score (nSPS) is 21.2. The van der Waals surface area contributed by atoms with E-state index in [0.717, 1.165) is 49.2 Å². The van der Waals surface area contributed by atoms with Crippen LogP contribution >= 0.6 is 0 Å². The number of amides is 2. The van der Waals surface area contributed by atoms with Crippen molar-refractivity contribution in [2.45, 2.75) is 31.6 Å². The Kier molecular flexibility index (Phi) is 5.57. The Hall–Kier alpha value is -2.48. The van der Waals surface area contributed by atoms with Crippen molar-refractivity contribution in [3.05, 3.63) is 24.2 Å². The molecule has 1 unspecified atom stereocenters. The molecule has 2 aromatic rings. The standard InChI is InChI=1S/C20H27N5O3/c1-28-13-17(26)24-10-6-14(7-11-24)20(27)25-9-3-4-15(12-25)18-22-16-5-2-8-21-19(16)23-18/h2,5,8,14-15H,3-4,6-7,9-13H2,1H3,(H,21,22,23). The van der Waals surface area contributed by atoms with E-state index in [1.807, 2.05) is 17.0 Å². The Labute approximate surface area is 164 Å². The van der Waals surface area contributed by atoms with Gasteiger partial charge in [0.05, 0.1) is 5.52 Å². The number of pyridine rings is 1. The molecule has 4 rings (SSSR count). The smallest absolute Gasteiger partial charge is 0.248 e. The molecule has 0 aliphatic carbocycles. The number of hydrogen-bond acceptors (Lipinski definition) is 5. The topological polar surface area (TPSA) is 91.4 Å². The number of aromatic amines is 1. The fourth-order valence-corrected chi connectivity index (χ4v) is 4.31. The third-order valence-electron chi connectivity index (χ3n) is 5.86. The van der Waals surface area contributed by atoms with E-state index in [9.17, 15) is 9.59 Å². The Bertz CT molecular complexity index is 810. The average molecular weight is 385 g/mol. The number of imidazole rings is 1. The molecule has 0 radical (unpaired) electrons. The molecule has 2 aliphatic heterocycles. The lowest BCUT2D eigenvalue weighted by Crippen LogP contribution is -2.47. The second kappa shape index (κ2) is 8.26. The zero-order valence-corrected chi connectivity index (χ0v) is 16.3. The van der Waals surface area contributed by atoms with Gasteiger partial charge in [0.15, 0.2) is 5.65 Å². The van der Waals surface area contributed by atoms with Crippen LogP contribution < -0.4 is 0 Å². The van der Waals surface area contributed by atoms with Crippen molar-refractivity contribution < 1.29 is 14.3 Å². The van der Waals surface area contributed by atoms with Crippen LogP contribution in [0.2, 0.25) is 0 Å². The first-order chi connectivity index (χ1) is 13.7. The van der Waals surface area contributed by atoms with E-state index < -0.39 is 0 Å². The van der Waals surface area contributed by atoms with Crippen LogP contribution in [0.15, 0.2) is 18.3 Å². The molecule has 2 aromatic heterocycles. The van der Waals surface area contributed by atoms with E-state index in [1.54, 1.807) is 11.1 Å². The van der Waals surface area contributed by atoms with Crippen molar-refractivity contribution in [3.63, 3.8) is 0 Å². The van der Waals surface area contributed by atoms with Crippen molar-refractivity contribution in [3.8, 4) is 0 Å². The highest BCUT2D eigenvalue weighted by atomic mass is 16.5. The van der Waals surface area contributed by atoms with Crippen molar-refractivity contribution >= 4 is 23.0 Å². The number of piperidine rings is 2. The number of methoxy groups -OCH3 is 1. The molecule has 0 aromatic carbocycles. The number of nitrogens with one attached hydrogen (secondary N) is 1. The zero-order valence-electron chi connectivity index (χ0n) is 16.3. The highest BCUT2D eigenvalue weighted by Crippen LogP contribution is 2.29. The Balaban J connectivity index is 1.36. The first-order valence-corrected chi connectivity index (χ1v) is 10.0. The summed E-state index contributed by atoms with van der Waals surface area (Å²) in [5.41, 5.74) is 1.67. The summed E-state index contributed by atoms with van der Waals surface area (Å²) in [5.74, 6) is 1.37. The van der Waals surface area contributed by atoms with Crippen LogP contribution in [-0.2, 0) is 14.3 Å². The molecule has 8 heteroatoms. The van der Waals surface area contributed by atoms with Crippen LogP contribution in [-0.4, -0.2) is 76.5 Å². The summed E-state index contributed by atoms with van der Waals surface area (Å²) < 4.78 is 4.92. The summed E-state index contributed by atoms with van der Waals surface area (Å²) in [6.45, 7) is 2.87. The van der Waals surface area contributed by atoms with Gasteiger partial charge in [-0.05, 0) is 37.8 Å². The van der Waals surface area contributed by atoms with Crippen LogP contribution in [0.4, 0.5) is 0 Å². The van der Waals surface area contributed by atoms with Crippen molar-refractivity contribution in [2.24, 2.45) is 5.92 Å². The first-order valence-electron chi connectivity index (χ1n) is 10.0. The van der Waals surface area contributed by atoms with Gasteiger partial charge in [-0.25, -0.2) is 9.97 Å². The summed E-state index contributed by atoms with van der Waals surface area (Å²) in [5, 5.41) is 0. The lowest BCUT2D eigenvalue weighted by molar-refractivity contribution is -0.143. The van der Waals surface area contributed by atoms with Crippen LogP contribution in [0, 0.1) is 5.92 Å². The molecule has 2 amide bonds. The monoisotopic (exact) mass is 385 g/mol. The van der Waals surface area contributed by atoms with E-state index in [4.69, 9.17) is 4.74 Å². The van der Waals surface area contributed by atoms with Gasteiger partial charge in [-0.15, -0.1) is 0 Å². The van der Waals surface area contributed by atoms with Crippen LogP contribution in [0.1, 0.15) is 37.4 Å². The molecule has 1 atom stereocenters. The Morgan fingerprint density at radius 1 is 1.21 bits per heavy atom. The van der Waals surface area contributed by atoms with Crippen LogP contribution in [0.3, 0.4) is 0 Å². The Morgan fingerprint density at radius 2 is 2.04 bits per heavy atom. The van der Waals surface area contributed by atoms with E-state index in [-0.39, 0.29) is 30.3 Å². The molecular weight excluding hydrogens is 358 g/mol. The predicted molar refractivity (Wildman–Crippen MR) is 104 cm³/mol. The lowest BCUT2D eigenvalue weighted by atomic mass is 9.92. The molecule has 0 bridgehead atoms. The molecule has 0 saturated carbocycles. The minimum atomic E-state index is 0.00249. The van der Waals surface area contributed by atoms with Crippen molar-refractivity contribution in [2.75, 3.05) is 39.9 Å². The predicted octanol–water partition coefficient (Wildman–Crippen LogP) is 1.55. The number of fused-ring (bicyclic) bond motifs is 1. The van der Waals surface area contributed by atoms with Crippen LogP contribution in [0.5, 0.6) is 0 Å². The number of aromatic nitrogens is 3. The van der Waals surface area contributed by atoms with Gasteiger partial charge in [0.25, 0.3) is 0 Å². The summed E-state index contributed by atoms with van der Waals surface area (Å²) in [7, 11) is 1.53. The van der Waals surface area contributed by atoms with Crippen LogP contribution in [0.25, 0.3) is 11.2 Å². The molecule has 150 valence electrons. The number of nitrogens with zero attached hydrogens (tertiary/aromatic N) is 4. The fraction of sp³-hybridized carbons (Fsp3) is 0.600. The van der Waals surface area contributed by atoms with E-state index in [0.29, 0.717) is 19.6 Å². The van der Waals surface area contributed by atoms with Gasteiger partial charge in [0.2, 0.25) is 11.8 Å². The number of H-pyrrole nitrogens is 1. The second-order valence-electron chi connectivity index (χ2n) is 7.71. The minimum absolute atomic E-state index is 0.00249. The van der Waals surface area contributed by atoms with Gasteiger partial charge in [-0.1, -0.05) is 0 Å². The van der Waals surface area contributed by atoms with E-state index >= 15 is 0 Å². The summed E-state index contributed by atoms with van der Waals surface area (Å²) in [6, 6.07) is 3.87. The quantitative estimate of drug-likeness (QED) is 0.862. The molecule has 0 spiro atoms. The number of ether oxygens (including phenoxy) is 1. The first kappa shape index (κ1) is 18.9. The number of hydrogen-bond donors (Lipinski definition) is 1. The summed E-state index contributed by atoms with van der Waals surface area (Å²) in [6.07, 6.45) is 5.20. The van der Waals surface area contributed by atoms with E-state index in [2.05, 4.69) is 15.0 Å². The number of carbonyl (C=O) groups excluding carboxylic acids is 2. The molecular formula is C20H27N5O3. The number of carbonyl (C=O) groups is 2. The molecule has 4 heterocycles. The fourth-order valence-electron chi connectivity index (χ4n) is 4.31. The minimum Gasteiger partial charge on any atom is -0.375 e. The zero-order chi connectivity index (χ0) is 19.5. The maximum absolute atomic E-state index is 13.1. The number of likely N-dealkylation sites (tertiary alicyclic amines) is 2. The number of rotatable bonds is 4. The third kappa shape index (κ3) is 3.87. The highest BCUT2D eigenvalue weighted by Gasteiger charge is 2.33. The maximum Gasteiger partial charge on any atom is 0.248 e. The highest BCUT2D eigenvalue weighted by molar-refractivity contribution is 5.81. The van der Waals surface area contributed by atoms with Gasteiger partial charge in [-0.2, -0.15) is 0 Å². The average Bonchev–Trinajstić information content (AvgIpc) is 3.18. The van der Waals surface area contributed by atoms with Crippen molar-refractivity contribution in [1.82, 2.24) is 24.8 Å². The third-order valence-corrected chi connectivity index (χ3v) is 5.86. The maximum atomic E-state index is 13.1. The lowest BCUT2D eigenvalue weighted by Gasteiger charge is -2.37. The molecule has 1 N–H and O–H groups in total. The van der Waals surface area contributed by atoms with Gasteiger partial charge in [0, 0.05) is 51.3 Å². The summed E-state index contributed by atoms with van der Waals surface area (Å²) >= 11 is 0. The molecule has 28 heavy (non-hydrogen) atoms. The SMILES string of the molecule is COCC(=O)N1CCC(C(=O)N2CCCC(c3nc4ncccc4[nH]3)C2)CC1. The van der Waals surface area contributed by atoms with Crippen molar-refractivity contribution in [1.29, 1.82) is 0 Å². The van der Waals surface area contributed by atoms with Gasteiger partial charge >= 0.3 is 0 Å². The van der Waals surface area contributed by atoms with E-state index in [1.165, 1.54) is 7.11 Å².